The van der Waals surface area contributed by atoms with Crippen molar-refractivity contribution in [3.8, 4) is 0 Å². The Bertz CT molecular complexity index is 595. The van der Waals surface area contributed by atoms with Gasteiger partial charge in [-0.2, -0.15) is 12.7 Å². The molecule has 0 amide bonds. The van der Waals surface area contributed by atoms with Crippen LogP contribution >= 0.6 is 11.6 Å². The first-order chi connectivity index (χ1) is 9.94. The molecule has 1 aliphatic rings. The zero-order valence-electron chi connectivity index (χ0n) is 11.8. The van der Waals surface area contributed by atoms with Crippen LogP contribution in [0.3, 0.4) is 0 Å². The predicted molar refractivity (Wildman–Crippen MR) is 82.2 cm³/mol. The van der Waals surface area contributed by atoms with Gasteiger partial charge in [-0.25, -0.2) is 4.39 Å². The van der Waals surface area contributed by atoms with Gasteiger partial charge in [0.05, 0.1) is 10.7 Å². The SMILES string of the molecule is CNCC1CCCN(S(=O)(=O)Nc2cccc(Cl)c2F)C1. The average Bonchev–Trinajstić information content (AvgIpc) is 2.44. The lowest BCUT2D eigenvalue weighted by Crippen LogP contribution is -2.44. The first kappa shape index (κ1) is 16.5. The molecule has 1 saturated heterocycles. The number of halogens is 2. The molecule has 2 N–H and O–H groups in total. The zero-order valence-corrected chi connectivity index (χ0v) is 13.3. The largest absolute Gasteiger partial charge is 0.319 e. The Balaban J connectivity index is 2.12. The average molecular weight is 336 g/mol. The minimum Gasteiger partial charge on any atom is -0.319 e. The van der Waals surface area contributed by atoms with Gasteiger partial charge >= 0.3 is 10.2 Å². The van der Waals surface area contributed by atoms with Crippen LogP contribution < -0.4 is 10.0 Å². The summed E-state index contributed by atoms with van der Waals surface area (Å²) in [6, 6.07) is 4.23. The zero-order chi connectivity index (χ0) is 15.5. The van der Waals surface area contributed by atoms with Crippen molar-refractivity contribution in [2.24, 2.45) is 5.92 Å². The fourth-order valence-corrected chi connectivity index (χ4v) is 4.00. The second-order valence-electron chi connectivity index (χ2n) is 5.13. The summed E-state index contributed by atoms with van der Waals surface area (Å²) in [4.78, 5) is 0. The number of nitrogens with zero attached hydrogens (tertiary/aromatic N) is 1. The maximum Gasteiger partial charge on any atom is 0.301 e. The maximum atomic E-state index is 13.8. The van der Waals surface area contributed by atoms with Gasteiger partial charge in [-0.15, -0.1) is 0 Å². The number of hydrogen-bond donors (Lipinski definition) is 2. The standard InChI is InChI=1S/C13H19ClFN3O2S/c1-16-8-10-4-3-7-18(9-10)21(19,20)17-12-6-2-5-11(14)13(12)15/h2,5-6,10,16-17H,3-4,7-9H2,1H3. The van der Waals surface area contributed by atoms with Crippen molar-refractivity contribution >= 4 is 27.5 Å². The van der Waals surface area contributed by atoms with Gasteiger partial charge in [0.2, 0.25) is 0 Å². The van der Waals surface area contributed by atoms with Gasteiger partial charge in [0.25, 0.3) is 0 Å². The number of benzene rings is 1. The van der Waals surface area contributed by atoms with E-state index in [1.807, 2.05) is 7.05 Å². The Morgan fingerprint density at radius 3 is 2.95 bits per heavy atom. The first-order valence-corrected chi connectivity index (χ1v) is 8.62. The molecule has 1 heterocycles. The lowest BCUT2D eigenvalue weighted by Gasteiger charge is -2.31. The van der Waals surface area contributed by atoms with Crippen LogP contribution in [0.5, 0.6) is 0 Å². The van der Waals surface area contributed by atoms with E-state index in [1.54, 1.807) is 0 Å². The molecule has 118 valence electrons. The molecule has 1 aromatic rings. The summed E-state index contributed by atoms with van der Waals surface area (Å²) in [6.45, 7) is 1.63. The molecule has 21 heavy (non-hydrogen) atoms. The van der Waals surface area contributed by atoms with Crippen molar-refractivity contribution in [1.29, 1.82) is 0 Å². The summed E-state index contributed by atoms with van der Waals surface area (Å²) in [5, 5.41) is 2.95. The number of nitrogens with one attached hydrogen (secondary N) is 2. The van der Waals surface area contributed by atoms with Crippen molar-refractivity contribution in [3.05, 3.63) is 29.0 Å². The van der Waals surface area contributed by atoms with Crippen molar-refractivity contribution in [2.45, 2.75) is 12.8 Å². The second-order valence-corrected chi connectivity index (χ2v) is 7.21. The monoisotopic (exact) mass is 335 g/mol. The third-order valence-electron chi connectivity index (χ3n) is 3.50. The van der Waals surface area contributed by atoms with Gasteiger partial charge in [0, 0.05) is 13.1 Å². The van der Waals surface area contributed by atoms with Crippen LogP contribution in [0.1, 0.15) is 12.8 Å². The van der Waals surface area contributed by atoms with E-state index in [0.29, 0.717) is 13.1 Å². The molecule has 0 spiro atoms. The summed E-state index contributed by atoms with van der Waals surface area (Å²) in [5.41, 5.74) is -0.127. The van der Waals surface area contributed by atoms with E-state index in [2.05, 4.69) is 10.0 Å². The molecule has 1 aliphatic heterocycles. The van der Waals surface area contributed by atoms with Gasteiger partial charge in [-0.05, 0) is 44.5 Å². The maximum absolute atomic E-state index is 13.8. The fraction of sp³-hybridized carbons (Fsp3) is 0.538. The van der Waals surface area contributed by atoms with Crippen LogP contribution in [0.25, 0.3) is 0 Å². The van der Waals surface area contributed by atoms with E-state index in [4.69, 9.17) is 11.6 Å². The minimum atomic E-state index is -3.77. The number of piperidine rings is 1. The lowest BCUT2D eigenvalue weighted by molar-refractivity contribution is 0.264. The summed E-state index contributed by atoms with van der Waals surface area (Å²) >= 11 is 5.66. The highest BCUT2D eigenvalue weighted by molar-refractivity contribution is 7.90. The van der Waals surface area contributed by atoms with Crippen LogP contribution in [-0.2, 0) is 10.2 Å². The predicted octanol–water partition coefficient (Wildman–Crippen LogP) is 2.07. The Labute approximate surface area is 129 Å². The molecule has 1 unspecified atom stereocenters. The Morgan fingerprint density at radius 2 is 2.24 bits per heavy atom. The highest BCUT2D eigenvalue weighted by Crippen LogP contribution is 2.25. The van der Waals surface area contributed by atoms with Crippen LogP contribution in [0.4, 0.5) is 10.1 Å². The molecule has 1 aromatic carbocycles. The van der Waals surface area contributed by atoms with E-state index >= 15 is 0 Å². The van der Waals surface area contributed by atoms with E-state index in [0.717, 1.165) is 19.4 Å². The number of rotatable bonds is 5. The van der Waals surface area contributed by atoms with Crippen LogP contribution in [0, 0.1) is 11.7 Å². The third kappa shape index (κ3) is 4.06. The van der Waals surface area contributed by atoms with E-state index < -0.39 is 16.0 Å². The molecule has 0 radical (unpaired) electrons. The summed E-state index contributed by atoms with van der Waals surface area (Å²) in [6.07, 6.45) is 1.78. The smallest absolute Gasteiger partial charge is 0.301 e. The van der Waals surface area contributed by atoms with E-state index in [-0.39, 0.29) is 16.6 Å². The second kappa shape index (κ2) is 6.91. The molecule has 1 fully saturated rings. The summed E-state index contributed by atoms with van der Waals surface area (Å²) in [7, 11) is -1.93. The topological polar surface area (TPSA) is 61.4 Å². The van der Waals surface area contributed by atoms with E-state index in [9.17, 15) is 12.8 Å². The Hall–Kier alpha value is -0.890. The van der Waals surface area contributed by atoms with Crippen molar-refractivity contribution < 1.29 is 12.8 Å². The molecule has 2 rings (SSSR count). The fourth-order valence-electron chi connectivity index (χ4n) is 2.49. The molecule has 0 aromatic heterocycles. The number of hydrogen-bond acceptors (Lipinski definition) is 3. The van der Waals surface area contributed by atoms with Gasteiger partial charge in [0.1, 0.15) is 0 Å². The summed E-state index contributed by atoms with van der Waals surface area (Å²) in [5.74, 6) is -0.490. The lowest BCUT2D eigenvalue weighted by atomic mass is 10.00. The van der Waals surface area contributed by atoms with Gasteiger partial charge < -0.3 is 5.32 Å². The van der Waals surface area contributed by atoms with Gasteiger partial charge in [0.15, 0.2) is 5.82 Å². The molecular formula is C13H19ClFN3O2S. The molecular weight excluding hydrogens is 317 g/mol. The molecule has 1 atom stereocenters. The highest BCUT2D eigenvalue weighted by Gasteiger charge is 2.29. The molecule has 0 saturated carbocycles. The summed E-state index contributed by atoms with van der Waals surface area (Å²) < 4.78 is 42.2. The minimum absolute atomic E-state index is 0.109. The van der Waals surface area contributed by atoms with E-state index in [1.165, 1.54) is 22.5 Å². The molecule has 5 nitrogen and oxygen atoms in total. The Kier molecular flexibility index (Phi) is 5.43. The normalized spacial score (nSPS) is 20.4. The third-order valence-corrected chi connectivity index (χ3v) is 5.29. The van der Waals surface area contributed by atoms with Crippen LogP contribution in [0.15, 0.2) is 18.2 Å². The molecule has 0 aliphatic carbocycles. The Morgan fingerprint density at radius 1 is 1.48 bits per heavy atom. The first-order valence-electron chi connectivity index (χ1n) is 6.80. The van der Waals surface area contributed by atoms with Crippen LogP contribution in [0.2, 0.25) is 5.02 Å². The van der Waals surface area contributed by atoms with Crippen molar-refractivity contribution in [2.75, 3.05) is 31.4 Å². The number of anilines is 1. The highest BCUT2D eigenvalue weighted by atomic mass is 35.5. The van der Waals surface area contributed by atoms with Crippen molar-refractivity contribution in [3.63, 3.8) is 0 Å². The van der Waals surface area contributed by atoms with Crippen LogP contribution in [-0.4, -0.2) is 39.4 Å². The van der Waals surface area contributed by atoms with Gasteiger partial charge in [-0.1, -0.05) is 17.7 Å². The molecule has 8 heteroatoms. The molecule has 0 bridgehead atoms. The quantitative estimate of drug-likeness (QED) is 0.866. The van der Waals surface area contributed by atoms with Gasteiger partial charge in [-0.3, -0.25) is 4.72 Å². The van der Waals surface area contributed by atoms with Crippen molar-refractivity contribution in [1.82, 2.24) is 9.62 Å².